The fraction of sp³-hybridized carbons (Fsp3) is 0. The molecule has 0 aliphatic rings. The lowest BCUT2D eigenvalue weighted by Crippen LogP contribution is -2.30. The van der Waals surface area contributed by atoms with Crippen LogP contribution in [0.15, 0.2) is 62.6 Å². The highest BCUT2D eigenvalue weighted by Gasteiger charge is 2.15. The minimum atomic E-state index is -1.05. The van der Waals surface area contributed by atoms with Gasteiger partial charge in [-0.25, -0.2) is 4.79 Å². The Morgan fingerprint density at radius 1 is 1.00 bits per heavy atom. The van der Waals surface area contributed by atoms with Gasteiger partial charge in [0.1, 0.15) is 5.69 Å². The predicted octanol–water partition coefficient (Wildman–Crippen LogP) is 3.00. The predicted molar refractivity (Wildman–Crippen MR) is 99.3 cm³/mol. The lowest BCUT2D eigenvalue weighted by Gasteiger charge is -2.08. The first kappa shape index (κ1) is 16.7. The van der Waals surface area contributed by atoms with Gasteiger partial charge in [0, 0.05) is 9.86 Å². The van der Waals surface area contributed by atoms with Crippen LogP contribution in [0.5, 0.6) is 5.75 Å². The highest BCUT2D eigenvalue weighted by Crippen LogP contribution is 2.27. The molecule has 0 fully saturated rings. The Kier molecular flexibility index (Phi) is 4.53. The molecule has 8 heteroatoms. The summed E-state index contributed by atoms with van der Waals surface area (Å²) in [5, 5.41) is 15.4. The van der Waals surface area contributed by atoms with E-state index in [1.165, 1.54) is 6.07 Å². The number of nitrogens with one attached hydrogen (secondary N) is 3. The summed E-state index contributed by atoms with van der Waals surface area (Å²) in [4.78, 5) is 38.7. The second-order valence-corrected chi connectivity index (χ2v) is 5.97. The van der Waals surface area contributed by atoms with E-state index in [0.29, 0.717) is 10.2 Å². The third kappa shape index (κ3) is 3.38. The van der Waals surface area contributed by atoms with Crippen LogP contribution in [-0.2, 0) is 0 Å². The summed E-state index contributed by atoms with van der Waals surface area (Å²) in [6.07, 6.45) is 0. The van der Waals surface area contributed by atoms with Gasteiger partial charge in [-0.05, 0) is 40.2 Å². The zero-order valence-corrected chi connectivity index (χ0v) is 14.3. The average Bonchev–Trinajstić information content (AvgIpc) is 2.68. The van der Waals surface area contributed by atoms with Gasteiger partial charge in [0.25, 0.3) is 11.0 Å². The van der Waals surface area contributed by atoms with Crippen LogP contribution in [0.4, 0.5) is 16.2 Å². The smallest absolute Gasteiger partial charge is 0.323 e. The van der Waals surface area contributed by atoms with Crippen LogP contribution in [0, 0.1) is 0 Å². The van der Waals surface area contributed by atoms with Crippen LogP contribution in [0.3, 0.4) is 0 Å². The third-order valence-corrected chi connectivity index (χ3v) is 4.15. The van der Waals surface area contributed by atoms with Crippen molar-refractivity contribution in [2.45, 2.75) is 0 Å². The van der Waals surface area contributed by atoms with Gasteiger partial charge in [0.2, 0.25) is 0 Å². The Hall–Kier alpha value is -3.13. The fourth-order valence-electron chi connectivity index (χ4n) is 2.28. The quantitative estimate of drug-likeness (QED) is 0.494. The highest BCUT2D eigenvalue weighted by molar-refractivity contribution is 9.10. The number of aromatic amines is 1. The molecule has 1 heterocycles. The monoisotopic (exact) mass is 401 g/mol. The number of fused-ring (bicyclic) bond motifs is 1. The maximum atomic E-state index is 12.2. The van der Waals surface area contributed by atoms with Crippen molar-refractivity contribution in [1.82, 2.24) is 4.98 Å². The second-order valence-electron chi connectivity index (χ2n) is 5.11. The molecule has 0 spiro atoms. The van der Waals surface area contributed by atoms with Gasteiger partial charge >= 0.3 is 6.03 Å². The zero-order chi connectivity index (χ0) is 18.0. The lowest BCUT2D eigenvalue weighted by molar-refractivity contribution is 0.262. The molecule has 7 nitrogen and oxygen atoms in total. The molecule has 0 saturated carbocycles. The number of anilines is 2. The van der Waals surface area contributed by atoms with Crippen molar-refractivity contribution >= 4 is 44.2 Å². The van der Waals surface area contributed by atoms with Gasteiger partial charge in [-0.1, -0.05) is 24.3 Å². The molecule has 0 saturated heterocycles. The van der Waals surface area contributed by atoms with E-state index in [4.69, 9.17) is 0 Å². The number of halogens is 1. The van der Waals surface area contributed by atoms with Crippen molar-refractivity contribution in [2.75, 3.05) is 10.6 Å². The van der Waals surface area contributed by atoms with Gasteiger partial charge in [-0.2, -0.15) is 0 Å². The molecule has 3 aromatic rings. The van der Waals surface area contributed by atoms with E-state index in [-0.39, 0.29) is 10.9 Å². The number of urea groups is 1. The van der Waals surface area contributed by atoms with Crippen molar-refractivity contribution < 1.29 is 9.90 Å². The maximum absolute atomic E-state index is 12.2. The number of hydrogen-bond acceptors (Lipinski definition) is 4. The summed E-state index contributed by atoms with van der Waals surface area (Å²) >= 11 is 3.28. The second kappa shape index (κ2) is 6.78. The lowest BCUT2D eigenvalue weighted by atomic mass is 10.2. The summed E-state index contributed by atoms with van der Waals surface area (Å²) in [6, 6.07) is 12.5. The van der Waals surface area contributed by atoms with Gasteiger partial charge in [-0.15, -0.1) is 0 Å². The van der Waals surface area contributed by atoms with E-state index in [1.54, 1.807) is 42.5 Å². The van der Waals surface area contributed by atoms with Crippen molar-refractivity contribution in [3.05, 3.63) is 73.6 Å². The van der Waals surface area contributed by atoms with Gasteiger partial charge < -0.3 is 20.7 Å². The van der Waals surface area contributed by atoms with Gasteiger partial charge in [0.05, 0.1) is 11.2 Å². The van der Waals surface area contributed by atoms with E-state index < -0.39 is 28.5 Å². The molecule has 2 aromatic carbocycles. The summed E-state index contributed by atoms with van der Waals surface area (Å²) in [5.41, 5.74) is -1.75. The van der Waals surface area contributed by atoms with Crippen molar-refractivity contribution in [2.24, 2.45) is 0 Å². The van der Waals surface area contributed by atoms with Gasteiger partial charge in [0.15, 0.2) is 5.75 Å². The minimum Gasteiger partial charge on any atom is -0.505 e. The van der Waals surface area contributed by atoms with E-state index in [2.05, 4.69) is 31.5 Å². The highest BCUT2D eigenvalue weighted by atomic mass is 79.9. The Bertz CT molecular complexity index is 1090. The Morgan fingerprint density at radius 3 is 2.44 bits per heavy atom. The first-order chi connectivity index (χ1) is 12.0. The number of hydrogen-bond donors (Lipinski definition) is 4. The first-order valence-electron chi connectivity index (χ1n) is 7.18. The summed E-state index contributed by atoms with van der Waals surface area (Å²) in [6.45, 7) is 0. The van der Waals surface area contributed by atoms with Gasteiger partial charge in [-0.3, -0.25) is 9.59 Å². The molecule has 0 aliphatic carbocycles. The van der Waals surface area contributed by atoms with E-state index in [9.17, 15) is 19.5 Å². The number of benzene rings is 2. The standard InChI is InChI=1S/C17H12BrN3O4/c18-10-6-2-4-8-12(10)20-17(25)21-13-14(22)9-5-1-3-7-11(9)19-16(24)15(13)23/h1-8H,(H4,19,20,21,22,23,24,25). The molecule has 3 rings (SSSR count). The number of carbonyl (C=O) groups is 1. The minimum absolute atomic E-state index is 0.234. The molecule has 126 valence electrons. The molecular weight excluding hydrogens is 390 g/mol. The Balaban J connectivity index is 2.04. The molecule has 0 bridgehead atoms. The van der Waals surface area contributed by atoms with Crippen LogP contribution in [0.2, 0.25) is 0 Å². The Labute approximate surface area is 149 Å². The molecule has 0 radical (unpaired) electrons. The van der Waals surface area contributed by atoms with Crippen LogP contribution in [0.1, 0.15) is 0 Å². The largest absolute Gasteiger partial charge is 0.505 e. The summed E-state index contributed by atoms with van der Waals surface area (Å²) in [7, 11) is 0. The van der Waals surface area contributed by atoms with Crippen LogP contribution in [-0.4, -0.2) is 16.1 Å². The average molecular weight is 402 g/mol. The first-order valence-corrected chi connectivity index (χ1v) is 7.97. The van der Waals surface area contributed by atoms with Crippen LogP contribution < -0.4 is 21.6 Å². The van der Waals surface area contributed by atoms with E-state index in [1.807, 2.05) is 0 Å². The normalized spacial score (nSPS) is 10.4. The molecular formula is C17H12BrN3O4. The molecule has 0 aliphatic heterocycles. The molecule has 0 atom stereocenters. The molecule has 4 N–H and O–H groups in total. The van der Waals surface area contributed by atoms with Crippen molar-refractivity contribution in [1.29, 1.82) is 0 Å². The molecule has 2 amide bonds. The maximum Gasteiger partial charge on any atom is 0.323 e. The van der Waals surface area contributed by atoms with Crippen molar-refractivity contribution in [3.8, 4) is 5.75 Å². The zero-order valence-electron chi connectivity index (χ0n) is 12.7. The fourth-order valence-corrected chi connectivity index (χ4v) is 2.66. The summed E-state index contributed by atoms with van der Waals surface area (Å²) in [5.74, 6) is -0.485. The topological polar surface area (TPSA) is 111 Å². The summed E-state index contributed by atoms with van der Waals surface area (Å²) < 4.78 is 0.638. The van der Waals surface area contributed by atoms with E-state index in [0.717, 1.165) is 0 Å². The number of aromatic nitrogens is 1. The number of rotatable bonds is 2. The van der Waals surface area contributed by atoms with Crippen LogP contribution in [0.25, 0.3) is 10.9 Å². The van der Waals surface area contributed by atoms with Crippen LogP contribution >= 0.6 is 15.9 Å². The molecule has 1 aromatic heterocycles. The number of para-hydroxylation sites is 2. The molecule has 0 unspecified atom stereocenters. The number of aromatic hydroxyl groups is 1. The SMILES string of the molecule is O=C(Nc1ccccc1Br)Nc1c(O)c2ccccc2[nH]c(=O)c1=O. The third-order valence-electron chi connectivity index (χ3n) is 3.46. The van der Waals surface area contributed by atoms with E-state index >= 15 is 0 Å². The number of H-pyrrole nitrogens is 1. The number of carbonyl (C=O) groups excluding carboxylic acids is 1. The number of amides is 2. The Morgan fingerprint density at radius 2 is 1.68 bits per heavy atom. The molecule has 25 heavy (non-hydrogen) atoms. The van der Waals surface area contributed by atoms with Crippen molar-refractivity contribution in [3.63, 3.8) is 0 Å².